The number of nitrogens with zero attached hydrogens (tertiary/aromatic N) is 2. The SMILES string of the molecule is CC[C@@H]1O[C@H](C)CC/C=C\C2C[C@@]2(C(=O)NS(=O)(=O)C2(C)CC2)NC(=O)[C@@H]2C[C@@H](Oc3cc(OC)nc4cc(OC)c(F)cc34)CN2C(=O)[C@H]1NC(=O)OC(C)(C)C(F)(F)F. The molecule has 61 heavy (non-hydrogen) atoms. The highest BCUT2D eigenvalue weighted by molar-refractivity contribution is 7.91. The van der Waals surface area contributed by atoms with E-state index in [-0.39, 0.29) is 54.1 Å². The fourth-order valence-electron chi connectivity index (χ4n) is 7.46. The van der Waals surface area contributed by atoms with Crippen molar-refractivity contribution in [2.24, 2.45) is 5.92 Å². The first kappa shape index (κ1) is 45.6. The number of hydrogen-bond donors (Lipinski definition) is 3. The van der Waals surface area contributed by atoms with Gasteiger partial charge in [0.05, 0.1) is 43.2 Å². The molecule has 2 aromatic rings. The van der Waals surface area contributed by atoms with Gasteiger partial charge in [-0.2, -0.15) is 13.2 Å². The van der Waals surface area contributed by atoms with E-state index < -0.39 is 98.0 Å². The molecule has 16 nitrogen and oxygen atoms in total. The first-order chi connectivity index (χ1) is 28.5. The lowest BCUT2D eigenvalue weighted by Crippen LogP contribution is -2.61. The van der Waals surface area contributed by atoms with Gasteiger partial charge in [-0.15, -0.1) is 0 Å². The summed E-state index contributed by atoms with van der Waals surface area (Å²) in [5.41, 5.74) is -4.48. The molecule has 6 rings (SSSR count). The summed E-state index contributed by atoms with van der Waals surface area (Å²) >= 11 is 0. The number of carbonyl (C=O) groups is 4. The predicted octanol–water partition coefficient (Wildman–Crippen LogP) is 4.58. The van der Waals surface area contributed by atoms with E-state index in [0.717, 1.165) is 11.0 Å². The zero-order chi connectivity index (χ0) is 44.9. The molecule has 1 saturated heterocycles. The summed E-state index contributed by atoms with van der Waals surface area (Å²) in [5, 5.41) is 5.19. The molecular weight excluding hydrogens is 835 g/mol. The largest absolute Gasteiger partial charge is 0.494 e. The Morgan fingerprint density at radius 2 is 1.80 bits per heavy atom. The van der Waals surface area contributed by atoms with Gasteiger partial charge in [-0.25, -0.2) is 22.6 Å². The van der Waals surface area contributed by atoms with Gasteiger partial charge in [-0.05, 0) is 72.3 Å². The number of pyridine rings is 1. The van der Waals surface area contributed by atoms with Crippen molar-refractivity contribution in [2.45, 2.75) is 132 Å². The Balaban J connectivity index is 1.40. The maximum atomic E-state index is 15.0. The average molecular weight is 886 g/mol. The monoisotopic (exact) mass is 885 g/mol. The van der Waals surface area contributed by atoms with E-state index >= 15 is 4.39 Å². The number of fused-ring (bicyclic) bond motifs is 3. The second-order valence-electron chi connectivity index (χ2n) is 16.7. The molecule has 1 aromatic carbocycles. The number of sulfonamides is 1. The Morgan fingerprint density at radius 3 is 2.43 bits per heavy atom. The minimum atomic E-state index is -4.98. The van der Waals surface area contributed by atoms with Crippen LogP contribution in [-0.4, -0.2) is 115 Å². The van der Waals surface area contributed by atoms with Gasteiger partial charge >= 0.3 is 12.3 Å². The Kier molecular flexibility index (Phi) is 12.5. The van der Waals surface area contributed by atoms with Crippen molar-refractivity contribution in [1.82, 2.24) is 25.2 Å². The van der Waals surface area contributed by atoms with Crippen LogP contribution in [0, 0.1) is 11.7 Å². The minimum Gasteiger partial charge on any atom is -0.494 e. The van der Waals surface area contributed by atoms with Crippen LogP contribution < -0.4 is 29.6 Å². The van der Waals surface area contributed by atoms with Gasteiger partial charge < -0.3 is 39.2 Å². The zero-order valence-corrected chi connectivity index (χ0v) is 35.6. The third-order valence-corrected chi connectivity index (χ3v) is 14.0. The van der Waals surface area contributed by atoms with E-state index in [1.54, 1.807) is 26.0 Å². The van der Waals surface area contributed by atoms with Crippen molar-refractivity contribution in [2.75, 3.05) is 20.8 Å². The smallest absolute Gasteiger partial charge is 0.427 e. The van der Waals surface area contributed by atoms with Crippen LogP contribution in [0.15, 0.2) is 30.4 Å². The normalized spacial score (nSPS) is 28.5. The number of nitrogens with one attached hydrogen (secondary N) is 3. The van der Waals surface area contributed by atoms with Crippen molar-refractivity contribution in [3.05, 3.63) is 36.2 Å². The molecule has 336 valence electrons. The molecule has 1 aromatic heterocycles. The van der Waals surface area contributed by atoms with Crippen LogP contribution in [0.3, 0.4) is 0 Å². The number of alkyl halides is 3. The van der Waals surface area contributed by atoms with Crippen LogP contribution in [-0.2, 0) is 33.9 Å². The average Bonchev–Trinajstić information content (AvgIpc) is 4.06. The third-order valence-electron chi connectivity index (χ3n) is 11.8. The van der Waals surface area contributed by atoms with E-state index in [0.29, 0.717) is 39.5 Å². The molecular formula is C40H51F4N5O11S. The number of benzene rings is 1. The van der Waals surface area contributed by atoms with Crippen LogP contribution in [0.4, 0.5) is 22.4 Å². The van der Waals surface area contributed by atoms with Gasteiger partial charge in [0.1, 0.15) is 29.5 Å². The molecule has 0 bridgehead atoms. The lowest BCUT2D eigenvalue weighted by atomic mass is 10.0. The molecule has 2 aliphatic carbocycles. The molecule has 0 spiro atoms. The molecule has 0 radical (unpaired) electrons. The summed E-state index contributed by atoms with van der Waals surface area (Å²) in [4.78, 5) is 62.0. The highest BCUT2D eigenvalue weighted by Crippen LogP contribution is 2.48. The number of ether oxygens (including phenoxy) is 5. The third kappa shape index (κ3) is 9.31. The molecule has 3 fully saturated rings. The van der Waals surface area contributed by atoms with Crippen molar-refractivity contribution in [3.63, 3.8) is 0 Å². The number of allylic oxidation sites excluding steroid dienone is 1. The number of aromatic nitrogens is 1. The fourth-order valence-corrected chi connectivity index (χ4v) is 8.77. The van der Waals surface area contributed by atoms with Crippen molar-refractivity contribution < 1.29 is 68.8 Å². The molecule has 3 heterocycles. The van der Waals surface area contributed by atoms with E-state index in [1.165, 1.54) is 33.3 Å². The van der Waals surface area contributed by atoms with E-state index in [1.807, 2.05) is 0 Å². The topological polar surface area (TPSA) is 201 Å². The summed E-state index contributed by atoms with van der Waals surface area (Å²) < 4.78 is 112. The zero-order valence-electron chi connectivity index (χ0n) is 34.8. The maximum Gasteiger partial charge on any atom is 0.427 e. The van der Waals surface area contributed by atoms with Gasteiger partial charge in [0.15, 0.2) is 11.6 Å². The number of methoxy groups -OCH3 is 2. The van der Waals surface area contributed by atoms with Gasteiger partial charge in [0.25, 0.3) is 5.91 Å². The summed E-state index contributed by atoms with van der Waals surface area (Å²) in [7, 11) is -1.52. The van der Waals surface area contributed by atoms with Crippen molar-refractivity contribution in [1.29, 1.82) is 0 Å². The quantitative estimate of drug-likeness (QED) is 0.222. The number of halogens is 4. The molecule has 21 heteroatoms. The van der Waals surface area contributed by atoms with Crippen LogP contribution >= 0.6 is 0 Å². The van der Waals surface area contributed by atoms with Crippen molar-refractivity contribution >= 4 is 44.7 Å². The summed E-state index contributed by atoms with van der Waals surface area (Å²) in [6, 6.07) is 0.644. The van der Waals surface area contributed by atoms with Gasteiger partial charge in [0, 0.05) is 29.9 Å². The molecule has 2 saturated carbocycles. The van der Waals surface area contributed by atoms with Gasteiger partial charge in [-0.3, -0.25) is 19.1 Å². The summed E-state index contributed by atoms with van der Waals surface area (Å²) in [5.74, 6) is -4.18. The molecule has 2 aliphatic heterocycles. The summed E-state index contributed by atoms with van der Waals surface area (Å²) in [6.45, 7) is 5.77. The van der Waals surface area contributed by atoms with Crippen LogP contribution in [0.2, 0.25) is 0 Å². The molecule has 7 atom stereocenters. The van der Waals surface area contributed by atoms with Crippen LogP contribution in [0.5, 0.6) is 17.4 Å². The number of carbonyl (C=O) groups excluding carboxylic acids is 4. The number of hydrogen-bond acceptors (Lipinski definition) is 12. The Bertz CT molecular complexity index is 2200. The predicted molar refractivity (Wildman–Crippen MR) is 210 cm³/mol. The number of alkyl carbamates (subject to hydrolysis) is 1. The Hall–Kier alpha value is -4.92. The highest BCUT2D eigenvalue weighted by Gasteiger charge is 2.63. The molecule has 1 unspecified atom stereocenters. The second kappa shape index (κ2) is 16.7. The number of rotatable bonds is 10. The maximum absolute atomic E-state index is 15.0. The van der Waals surface area contributed by atoms with Crippen molar-refractivity contribution in [3.8, 4) is 17.4 Å². The lowest BCUT2D eigenvalue weighted by Gasteiger charge is -2.35. The van der Waals surface area contributed by atoms with Crippen LogP contribution in [0.1, 0.15) is 79.6 Å². The minimum absolute atomic E-state index is 0.0285. The first-order valence-electron chi connectivity index (χ1n) is 19.9. The van der Waals surface area contributed by atoms with Crippen LogP contribution in [0.25, 0.3) is 10.9 Å². The molecule has 3 N–H and O–H groups in total. The first-order valence-corrected chi connectivity index (χ1v) is 21.4. The second-order valence-corrected chi connectivity index (χ2v) is 18.9. The Labute approximate surface area is 350 Å². The summed E-state index contributed by atoms with van der Waals surface area (Å²) in [6.07, 6.45) is -4.59. The van der Waals surface area contributed by atoms with E-state index in [4.69, 9.17) is 23.7 Å². The molecule has 4 aliphatic rings. The number of amides is 4. The van der Waals surface area contributed by atoms with E-state index in [2.05, 4.69) is 20.3 Å². The highest BCUT2D eigenvalue weighted by atomic mass is 32.2. The van der Waals surface area contributed by atoms with E-state index in [9.17, 15) is 40.8 Å². The Morgan fingerprint density at radius 1 is 1.10 bits per heavy atom. The fraction of sp³-hybridized carbons (Fsp3) is 0.625. The van der Waals surface area contributed by atoms with Gasteiger partial charge in [0.2, 0.25) is 33.3 Å². The molecule has 4 amide bonds. The lowest BCUT2D eigenvalue weighted by molar-refractivity contribution is -0.244. The standard InChI is InChI=1S/C40H51F4N5O11S/c1-8-28-32(46-36(53)60-37(3,4)40(42,43)44)34(51)49-20-23(59-29-18-31(57-7)45-26-17-30(56-6)25(41)16-24(26)29)15-27(49)33(50)47-39(19-22(39)12-10-9-11-21(2)58-28)35(52)48-61(54,55)38(5)13-14-38/h10,12,16-18,21-23,27-28,32H,8-9,11,13-15,19-20H2,1-7H3,(H,46,53)(H,47,50)(H,48,52)/b12-10-/t21-,22?,23-,27+,28+,32+,39-/m1/s1. The van der Waals surface area contributed by atoms with Gasteiger partial charge in [-0.1, -0.05) is 19.1 Å².